The van der Waals surface area contributed by atoms with Gasteiger partial charge < -0.3 is 25.8 Å². The van der Waals surface area contributed by atoms with E-state index in [1.807, 2.05) is 13.8 Å². The first-order valence-corrected chi connectivity index (χ1v) is 12.8. The standard InChI is InChI=1S/C22H33N4O8P/c1-13(2)11-18(22(30)26-10-4-5-19(26)20(23)28)25-21(29)17(24-14(3)27)12-15-6-8-16(9-7-15)34-35(31,32)33/h6-9,13,17-19H,4-5,10-12H2,1-3H3,(H2,23,28)(H,24,27)(H,25,29)(H2,31,32,33)/t17-,18-,19-/m0/s1. The largest absolute Gasteiger partial charge is 0.524 e. The molecule has 1 aromatic carbocycles. The van der Waals surface area contributed by atoms with Crippen molar-refractivity contribution in [3.05, 3.63) is 29.8 Å². The smallest absolute Gasteiger partial charge is 0.404 e. The average molecular weight is 513 g/mol. The molecule has 6 N–H and O–H groups in total. The molecule has 4 amide bonds. The molecule has 0 bridgehead atoms. The van der Waals surface area contributed by atoms with E-state index in [1.54, 1.807) is 0 Å². The Hall–Kier alpha value is -2.95. The number of hydrogen-bond donors (Lipinski definition) is 5. The Balaban J connectivity index is 2.18. The second kappa shape index (κ2) is 12.1. The predicted octanol–water partition coefficient (Wildman–Crippen LogP) is 0.213. The van der Waals surface area contributed by atoms with Gasteiger partial charge in [0.05, 0.1) is 0 Å². The van der Waals surface area contributed by atoms with Crippen molar-refractivity contribution < 1.29 is 38.1 Å². The summed E-state index contributed by atoms with van der Waals surface area (Å²) in [5, 5.41) is 5.30. The summed E-state index contributed by atoms with van der Waals surface area (Å²) in [6, 6.07) is 3.04. The fourth-order valence-electron chi connectivity index (χ4n) is 4.01. The van der Waals surface area contributed by atoms with Gasteiger partial charge in [-0.05, 0) is 42.9 Å². The number of likely N-dealkylation sites (tertiary alicyclic amines) is 1. The molecule has 0 radical (unpaired) electrons. The van der Waals surface area contributed by atoms with Gasteiger partial charge >= 0.3 is 7.82 Å². The van der Waals surface area contributed by atoms with Crippen molar-refractivity contribution in [3.8, 4) is 5.75 Å². The van der Waals surface area contributed by atoms with Crippen molar-refractivity contribution in [2.45, 2.75) is 64.6 Å². The molecule has 1 aliphatic rings. The van der Waals surface area contributed by atoms with Gasteiger partial charge in [-0.1, -0.05) is 26.0 Å². The van der Waals surface area contributed by atoms with Crippen molar-refractivity contribution in [1.82, 2.24) is 15.5 Å². The van der Waals surface area contributed by atoms with Gasteiger partial charge in [0, 0.05) is 19.9 Å². The summed E-state index contributed by atoms with van der Waals surface area (Å²) in [5.74, 6) is -2.02. The number of carbonyl (C=O) groups is 4. The number of phosphoric acid groups is 1. The number of nitrogens with one attached hydrogen (secondary N) is 2. The maximum atomic E-state index is 13.2. The zero-order chi connectivity index (χ0) is 26.3. The third-order valence-electron chi connectivity index (χ3n) is 5.47. The lowest BCUT2D eigenvalue weighted by Crippen LogP contribution is -2.56. The van der Waals surface area contributed by atoms with Gasteiger partial charge in [-0.3, -0.25) is 29.0 Å². The quantitative estimate of drug-likeness (QED) is 0.260. The van der Waals surface area contributed by atoms with E-state index in [4.69, 9.17) is 15.5 Å². The zero-order valence-corrected chi connectivity index (χ0v) is 20.9. The summed E-state index contributed by atoms with van der Waals surface area (Å²) in [7, 11) is -4.71. The molecular formula is C22H33N4O8P. The first-order valence-electron chi connectivity index (χ1n) is 11.3. The number of benzene rings is 1. The molecule has 1 saturated heterocycles. The molecule has 1 fully saturated rings. The Morgan fingerprint density at radius 2 is 1.77 bits per heavy atom. The van der Waals surface area contributed by atoms with Crippen LogP contribution in [0, 0.1) is 5.92 Å². The Morgan fingerprint density at radius 1 is 1.14 bits per heavy atom. The van der Waals surface area contributed by atoms with Crippen molar-refractivity contribution in [1.29, 1.82) is 0 Å². The van der Waals surface area contributed by atoms with Gasteiger partial charge in [0.15, 0.2) is 0 Å². The summed E-state index contributed by atoms with van der Waals surface area (Å²) < 4.78 is 15.5. The highest BCUT2D eigenvalue weighted by molar-refractivity contribution is 7.46. The molecule has 3 atom stereocenters. The number of primary amides is 1. The molecule has 2 rings (SSSR count). The Kier molecular flexibility index (Phi) is 9.82. The number of hydrogen-bond acceptors (Lipinski definition) is 6. The zero-order valence-electron chi connectivity index (χ0n) is 20.0. The fourth-order valence-corrected chi connectivity index (χ4v) is 4.40. The van der Waals surface area contributed by atoms with Crippen LogP contribution in [-0.2, 0) is 30.2 Å². The van der Waals surface area contributed by atoms with E-state index in [0.717, 1.165) is 0 Å². The third kappa shape index (κ3) is 8.97. The average Bonchev–Trinajstić information content (AvgIpc) is 3.22. The van der Waals surface area contributed by atoms with Gasteiger partial charge in [-0.2, -0.15) is 0 Å². The topological polar surface area (TPSA) is 188 Å². The van der Waals surface area contributed by atoms with E-state index < -0.39 is 49.6 Å². The van der Waals surface area contributed by atoms with Crippen LogP contribution in [-0.4, -0.2) is 63.0 Å². The van der Waals surface area contributed by atoms with Crippen LogP contribution in [0.2, 0.25) is 0 Å². The predicted molar refractivity (Wildman–Crippen MR) is 126 cm³/mol. The minimum absolute atomic E-state index is 0.0534. The van der Waals surface area contributed by atoms with E-state index >= 15 is 0 Å². The molecule has 0 spiro atoms. The lowest BCUT2D eigenvalue weighted by Gasteiger charge is -2.30. The molecule has 0 aromatic heterocycles. The monoisotopic (exact) mass is 512 g/mol. The summed E-state index contributed by atoms with van der Waals surface area (Å²) >= 11 is 0. The normalized spacial score (nSPS) is 17.5. The van der Waals surface area contributed by atoms with Crippen molar-refractivity contribution in [2.24, 2.45) is 11.7 Å². The molecule has 194 valence electrons. The van der Waals surface area contributed by atoms with Gasteiger partial charge in [-0.15, -0.1) is 0 Å². The lowest BCUT2D eigenvalue weighted by atomic mass is 10.00. The van der Waals surface area contributed by atoms with E-state index in [1.165, 1.54) is 36.1 Å². The SMILES string of the molecule is CC(=O)N[C@@H](Cc1ccc(OP(=O)(O)O)cc1)C(=O)N[C@@H](CC(C)C)C(=O)N1CCC[C@H]1C(N)=O. The van der Waals surface area contributed by atoms with Gasteiger partial charge in [0.2, 0.25) is 23.6 Å². The highest BCUT2D eigenvalue weighted by atomic mass is 31.2. The van der Waals surface area contributed by atoms with Gasteiger partial charge in [-0.25, -0.2) is 4.57 Å². The number of amides is 4. The molecule has 0 aliphatic carbocycles. The van der Waals surface area contributed by atoms with Crippen LogP contribution in [0.5, 0.6) is 5.75 Å². The molecule has 0 saturated carbocycles. The Morgan fingerprint density at radius 3 is 2.29 bits per heavy atom. The van der Waals surface area contributed by atoms with E-state index in [-0.39, 0.29) is 18.1 Å². The minimum atomic E-state index is -4.71. The number of nitrogens with zero attached hydrogens (tertiary/aromatic N) is 1. The molecule has 1 heterocycles. The number of rotatable bonds is 11. The molecule has 13 heteroatoms. The van der Waals surface area contributed by atoms with Crippen LogP contribution < -0.4 is 20.9 Å². The number of phosphoric ester groups is 1. The molecule has 12 nitrogen and oxygen atoms in total. The van der Waals surface area contributed by atoms with Crippen LogP contribution >= 0.6 is 7.82 Å². The Labute approximate surface area is 203 Å². The van der Waals surface area contributed by atoms with Crippen molar-refractivity contribution in [2.75, 3.05) is 6.54 Å². The summed E-state index contributed by atoms with van der Waals surface area (Å²) in [5.41, 5.74) is 6.02. The van der Waals surface area contributed by atoms with Crippen LogP contribution in [0.4, 0.5) is 0 Å². The summed E-state index contributed by atoms with van der Waals surface area (Å²) in [6.07, 6.45) is 1.49. The minimum Gasteiger partial charge on any atom is -0.404 e. The van der Waals surface area contributed by atoms with E-state index in [0.29, 0.717) is 31.4 Å². The second-order valence-corrected chi connectivity index (χ2v) is 10.1. The highest BCUT2D eigenvalue weighted by Gasteiger charge is 2.37. The van der Waals surface area contributed by atoms with Crippen LogP contribution in [0.15, 0.2) is 24.3 Å². The first-order chi connectivity index (χ1) is 16.3. The van der Waals surface area contributed by atoms with Crippen LogP contribution in [0.1, 0.15) is 45.6 Å². The highest BCUT2D eigenvalue weighted by Crippen LogP contribution is 2.37. The van der Waals surface area contributed by atoms with E-state index in [9.17, 15) is 23.7 Å². The molecule has 1 aliphatic heterocycles. The fraction of sp³-hybridized carbons (Fsp3) is 0.545. The molecule has 35 heavy (non-hydrogen) atoms. The lowest BCUT2D eigenvalue weighted by molar-refractivity contribution is -0.141. The van der Waals surface area contributed by atoms with Crippen molar-refractivity contribution >= 4 is 31.5 Å². The van der Waals surface area contributed by atoms with Crippen LogP contribution in [0.3, 0.4) is 0 Å². The first kappa shape index (κ1) is 28.3. The van der Waals surface area contributed by atoms with Gasteiger partial charge in [0.25, 0.3) is 0 Å². The second-order valence-electron chi connectivity index (χ2n) is 8.97. The molecular weight excluding hydrogens is 479 g/mol. The maximum absolute atomic E-state index is 13.2. The Bertz CT molecular complexity index is 978. The van der Waals surface area contributed by atoms with Crippen molar-refractivity contribution in [3.63, 3.8) is 0 Å². The number of nitrogens with two attached hydrogens (primary N) is 1. The number of carbonyl (C=O) groups excluding carboxylic acids is 4. The third-order valence-corrected chi connectivity index (χ3v) is 5.92. The van der Waals surface area contributed by atoms with Gasteiger partial charge in [0.1, 0.15) is 23.9 Å². The summed E-state index contributed by atoms with van der Waals surface area (Å²) in [6.45, 7) is 5.42. The van der Waals surface area contributed by atoms with Crippen LogP contribution in [0.25, 0.3) is 0 Å². The molecule has 0 unspecified atom stereocenters. The molecule has 1 aromatic rings. The maximum Gasteiger partial charge on any atom is 0.524 e. The van der Waals surface area contributed by atoms with E-state index in [2.05, 4.69) is 15.2 Å². The summed E-state index contributed by atoms with van der Waals surface area (Å²) in [4.78, 5) is 69.1.